The fourth-order valence-electron chi connectivity index (χ4n) is 3.50. The second-order valence-corrected chi connectivity index (χ2v) is 8.05. The number of nitrogens with one attached hydrogen (secondary N) is 1. The van der Waals surface area contributed by atoms with Crippen LogP contribution in [0.1, 0.15) is 54.8 Å². The second kappa shape index (κ2) is 7.79. The smallest absolute Gasteiger partial charge is 0.274 e. The maximum absolute atomic E-state index is 12.9. The van der Waals surface area contributed by atoms with Gasteiger partial charge in [0.25, 0.3) is 5.91 Å². The van der Waals surface area contributed by atoms with Crippen molar-refractivity contribution in [3.63, 3.8) is 0 Å². The summed E-state index contributed by atoms with van der Waals surface area (Å²) in [5.41, 5.74) is 3.70. The average Bonchev–Trinajstić information content (AvgIpc) is 3.30. The highest BCUT2D eigenvalue weighted by atomic mass is 16.1. The minimum atomic E-state index is -0.279. The monoisotopic (exact) mass is 413 g/mol. The lowest BCUT2D eigenvalue weighted by Gasteiger charge is -2.11. The number of imidazole rings is 1. The summed E-state index contributed by atoms with van der Waals surface area (Å²) < 4.78 is 3.91. The van der Waals surface area contributed by atoms with E-state index in [1.807, 2.05) is 59.6 Å². The summed E-state index contributed by atoms with van der Waals surface area (Å²) >= 11 is 0. The van der Waals surface area contributed by atoms with Gasteiger partial charge in [0, 0.05) is 29.5 Å². The molecule has 0 spiro atoms. The van der Waals surface area contributed by atoms with Crippen LogP contribution in [0.25, 0.3) is 17.2 Å². The van der Waals surface area contributed by atoms with Crippen LogP contribution in [-0.4, -0.2) is 35.2 Å². The molecule has 31 heavy (non-hydrogen) atoms. The van der Waals surface area contributed by atoms with Crippen LogP contribution in [-0.2, 0) is 0 Å². The summed E-state index contributed by atoms with van der Waals surface area (Å²) in [6.45, 7) is 4.09. The third-order valence-corrected chi connectivity index (χ3v) is 5.34. The Balaban J connectivity index is 1.36. The molecule has 156 valence electrons. The zero-order valence-corrected chi connectivity index (χ0v) is 17.4. The van der Waals surface area contributed by atoms with E-state index in [9.17, 15) is 4.79 Å². The highest BCUT2D eigenvalue weighted by Crippen LogP contribution is 2.39. The lowest BCUT2D eigenvalue weighted by molar-refractivity contribution is 0.102. The number of benzene rings is 1. The first-order chi connectivity index (χ1) is 15.1. The summed E-state index contributed by atoms with van der Waals surface area (Å²) in [7, 11) is 0. The zero-order valence-electron chi connectivity index (χ0n) is 17.4. The van der Waals surface area contributed by atoms with E-state index in [1.165, 1.54) is 12.8 Å². The van der Waals surface area contributed by atoms with Crippen molar-refractivity contribution in [1.82, 2.24) is 29.3 Å². The molecule has 5 rings (SSSR count). The predicted molar refractivity (Wildman–Crippen MR) is 117 cm³/mol. The molecule has 0 bridgehead atoms. The number of nitrogens with zero attached hydrogens (tertiary/aromatic N) is 6. The van der Waals surface area contributed by atoms with E-state index >= 15 is 0 Å². The van der Waals surface area contributed by atoms with Crippen molar-refractivity contribution < 1.29 is 4.79 Å². The number of hydrogen-bond acceptors (Lipinski definition) is 5. The first-order valence-corrected chi connectivity index (χ1v) is 10.4. The Kier molecular flexibility index (Phi) is 4.82. The standard InChI is InChI=1S/C23H23N7O/c1-15(2)30-14-25-28-22(30)19-7-4-8-20(27-19)23(31)26-17-5-3-6-18(11-17)29-12-21(24-13-29)16-9-10-16/h3-8,11-16H,9-10H2,1-2H3,(H,26,31). The molecule has 0 unspecified atom stereocenters. The Morgan fingerprint density at radius 1 is 1.13 bits per heavy atom. The first-order valence-electron chi connectivity index (χ1n) is 10.4. The molecule has 1 aromatic carbocycles. The Labute approximate surface area is 180 Å². The molecule has 0 saturated heterocycles. The fraction of sp³-hybridized carbons (Fsp3) is 0.261. The number of aromatic nitrogens is 6. The number of rotatable bonds is 6. The maximum atomic E-state index is 12.9. The largest absolute Gasteiger partial charge is 0.321 e. The highest BCUT2D eigenvalue weighted by molar-refractivity contribution is 6.03. The van der Waals surface area contributed by atoms with Gasteiger partial charge in [-0.2, -0.15) is 0 Å². The molecule has 8 heteroatoms. The van der Waals surface area contributed by atoms with Crippen molar-refractivity contribution in [2.75, 3.05) is 5.32 Å². The van der Waals surface area contributed by atoms with Gasteiger partial charge in [0.2, 0.25) is 0 Å². The molecule has 0 aliphatic heterocycles. The lowest BCUT2D eigenvalue weighted by atomic mass is 10.2. The van der Waals surface area contributed by atoms with Crippen LogP contribution in [0.2, 0.25) is 0 Å². The van der Waals surface area contributed by atoms with E-state index in [0.29, 0.717) is 28.8 Å². The van der Waals surface area contributed by atoms with Crippen molar-refractivity contribution in [3.8, 4) is 17.2 Å². The van der Waals surface area contributed by atoms with Gasteiger partial charge in [0.05, 0.1) is 12.0 Å². The van der Waals surface area contributed by atoms with Gasteiger partial charge >= 0.3 is 0 Å². The van der Waals surface area contributed by atoms with Crippen LogP contribution in [0, 0.1) is 0 Å². The van der Waals surface area contributed by atoms with Crippen LogP contribution >= 0.6 is 0 Å². The minimum Gasteiger partial charge on any atom is -0.321 e. The number of carbonyl (C=O) groups is 1. The number of anilines is 1. The molecular weight excluding hydrogens is 390 g/mol. The first kappa shape index (κ1) is 19.2. The fourth-order valence-corrected chi connectivity index (χ4v) is 3.50. The van der Waals surface area contributed by atoms with Crippen LogP contribution in [0.5, 0.6) is 0 Å². The van der Waals surface area contributed by atoms with E-state index in [1.54, 1.807) is 18.5 Å². The van der Waals surface area contributed by atoms with Crippen molar-refractivity contribution in [1.29, 1.82) is 0 Å². The normalized spacial score (nSPS) is 13.5. The molecule has 1 amide bonds. The topological polar surface area (TPSA) is 90.5 Å². The molecule has 0 atom stereocenters. The second-order valence-electron chi connectivity index (χ2n) is 8.05. The quantitative estimate of drug-likeness (QED) is 0.511. The minimum absolute atomic E-state index is 0.190. The van der Waals surface area contributed by atoms with E-state index in [4.69, 9.17) is 0 Å². The number of hydrogen-bond donors (Lipinski definition) is 1. The summed E-state index contributed by atoms with van der Waals surface area (Å²) in [5, 5.41) is 11.1. The number of carbonyl (C=O) groups excluding carboxylic acids is 1. The van der Waals surface area contributed by atoms with E-state index in [2.05, 4.69) is 31.7 Å². The zero-order chi connectivity index (χ0) is 21.4. The van der Waals surface area contributed by atoms with Crippen LogP contribution in [0.3, 0.4) is 0 Å². The molecule has 0 radical (unpaired) electrons. The molecule has 3 aromatic heterocycles. The van der Waals surface area contributed by atoms with Crippen LogP contribution in [0.4, 0.5) is 5.69 Å². The van der Waals surface area contributed by atoms with Crippen LogP contribution < -0.4 is 5.32 Å². The van der Waals surface area contributed by atoms with Gasteiger partial charge in [-0.1, -0.05) is 12.1 Å². The van der Waals surface area contributed by atoms with E-state index in [0.717, 1.165) is 11.4 Å². The Morgan fingerprint density at radius 3 is 2.77 bits per heavy atom. The SMILES string of the molecule is CC(C)n1cnnc1-c1cccc(C(=O)Nc2cccc(-n3cnc(C4CC4)c3)c2)n1. The molecule has 1 aliphatic carbocycles. The van der Waals surface area contributed by atoms with Gasteiger partial charge in [-0.25, -0.2) is 9.97 Å². The molecule has 3 heterocycles. The Morgan fingerprint density at radius 2 is 1.97 bits per heavy atom. The third-order valence-electron chi connectivity index (χ3n) is 5.34. The summed E-state index contributed by atoms with van der Waals surface area (Å²) in [4.78, 5) is 21.9. The Hall–Kier alpha value is -3.81. The van der Waals surface area contributed by atoms with Gasteiger partial charge in [0.1, 0.15) is 17.7 Å². The van der Waals surface area contributed by atoms with Gasteiger partial charge in [-0.15, -0.1) is 10.2 Å². The highest BCUT2D eigenvalue weighted by Gasteiger charge is 2.25. The number of amides is 1. The van der Waals surface area contributed by atoms with Crippen molar-refractivity contribution in [3.05, 3.63) is 72.7 Å². The Bertz CT molecular complexity index is 1240. The molecule has 1 fully saturated rings. The van der Waals surface area contributed by atoms with Gasteiger partial charge in [-0.05, 0) is 57.0 Å². The number of pyridine rings is 1. The van der Waals surface area contributed by atoms with Gasteiger partial charge in [0.15, 0.2) is 5.82 Å². The van der Waals surface area contributed by atoms with Crippen molar-refractivity contribution >= 4 is 11.6 Å². The molecular formula is C23H23N7O. The van der Waals surface area contributed by atoms with Crippen molar-refractivity contribution in [2.24, 2.45) is 0 Å². The third kappa shape index (κ3) is 3.96. The summed E-state index contributed by atoms with van der Waals surface area (Å²) in [6, 6.07) is 13.2. The van der Waals surface area contributed by atoms with E-state index < -0.39 is 0 Å². The molecule has 1 saturated carbocycles. The molecule has 1 aliphatic rings. The molecule has 8 nitrogen and oxygen atoms in total. The average molecular weight is 413 g/mol. The van der Waals surface area contributed by atoms with Crippen LogP contribution in [0.15, 0.2) is 61.3 Å². The summed E-state index contributed by atoms with van der Waals surface area (Å²) in [5.74, 6) is 0.959. The molecule has 4 aromatic rings. The van der Waals surface area contributed by atoms with Gasteiger partial charge in [-0.3, -0.25) is 4.79 Å². The van der Waals surface area contributed by atoms with Gasteiger partial charge < -0.3 is 14.5 Å². The summed E-state index contributed by atoms with van der Waals surface area (Å²) in [6.07, 6.45) is 7.99. The van der Waals surface area contributed by atoms with E-state index in [-0.39, 0.29) is 11.9 Å². The van der Waals surface area contributed by atoms with Crippen molar-refractivity contribution in [2.45, 2.75) is 38.6 Å². The predicted octanol–water partition coefficient (Wildman–Crippen LogP) is 4.24. The maximum Gasteiger partial charge on any atom is 0.274 e. The molecule has 1 N–H and O–H groups in total. The lowest BCUT2D eigenvalue weighted by Crippen LogP contribution is -2.14.